The van der Waals surface area contributed by atoms with Crippen LogP contribution in [0.1, 0.15) is 37.8 Å². The van der Waals surface area contributed by atoms with Crippen molar-refractivity contribution < 1.29 is 9.84 Å². The van der Waals surface area contributed by atoms with Crippen molar-refractivity contribution >= 4 is 16.6 Å². The maximum atomic E-state index is 9.81. The molecule has 3 rings (SSSR count). The van der Waals surface area contributed by atoms with Gasteiger partial charge in [-0.05, 0) is 38.0 Å². The van der Waals surface area contributed by atoms with Gasteiger partial charge in [0.05, 0.1) is 24.1 Å². The molecular formula is C18H24N2O2. The molecule has 4 heteroatoms. The molecule has 1 aromatic heterocycles. The van der Waals surface area contributed by atoms with Gasteiger partial charge in [0.1, 0.15) is 5.75 Å². The van der Waals surface area contributed by atoms with Crippen LogP contribution in [0.2, 0.25) is 0 Å². The summed E-state index contributed by atoms with van der Waals surface area (Å²) in [5.41, 5.74) is 8.52. The monoisotopic (exact) mass is 300 g/mol. The molecule has 1 fully saturated rings. The predicted octanol–water partition coefficient (Wildman–Crippen LogP) is 3.45. The van der Waals surface area contributed by atoms with E-state index in [4.69, 9.17) is 10.5 Å². The molecule has 0 radical (unpaired) electrons. The third kappa shape index (κ3) is 2.88. The van der Waals surface area contributed by atoms with Crippen molar-refractivity contribution in [1.29, 1.82) is 0 Å². The summed E-state index contributed by atoms with van der Waals surface area (Å²) in [6, 6.07) is 7.70. The Kier molecular flexibility index (Phi) is 4.21. The highest BCUT2D eigenvalue weighted by atomic mass is 16.5. The van der Waals surface area contributed by atoms with Crippen molar-refractivity contribution in [3.05, 3.63) is 30.0 Å². The zero-order valence-electron chi connectivity index (χ0n) is 13.1. The maximum absolute atomic E-state index is 9.81. The van der Waals surface area contributed by atoms with E-state index in [2.05, 4.69) is 4.98 Å². The number of nitrogens with two attached hydrogens (primary N) is 1. The molecule has 1 aliphatic rings. The first-order valence-electron chi connectivity index (χ1n) is 8.03. The lowest BCUT2D eigenvalue weighted by atomic mass is 9.75. The number of aliphatic hydroxyl groups excluding tert-OH is 1. The fourth-order valence-corrected chi connectivity index (χ4v) is 3.42. The summed E-state index contributed by atoms with van der Waals surface area (Å²) in [6.07, 6.45) is 5.65. The number of ether oxygens (including phenoxy) is 1. The Hall–Kier alpha value is -1.81. The number of anilines is 1. The molecular weight excluding hydrogens is 276 g/mol. The molecule has 0 spiro atoms. The van der Waals surface area contributed by atoms with Gasteiger partial charge < -0.3 is 15.6 Å². The van der Waals surface area contributed by atoms with Crippen molar-refractivity contribution in [3.63, 3.8) is 0 Å². The van der Waals surface area contributed by atoms with E-state index in [1.165, 1.54) is 19.3 Å². The smallest absolute Gasteiger partial charge is 0.130 e. The predicted molar refractivity (Wildman–Crippen MR) is 89.0 cm³/mol. The van der Waals surface area contributed by atoms with E-state index in [0.717, 1.165) is 35.2 Å². The number of hydrogen-bond acceptors (Lipinski definition) is 4. The maximum Gasteiger partial charge on any atom is 0.130 e. The minimum atomic E-state index is -0.104. The molecule has 1 saturated carbocycles. The summed E-state index contributed by atoms with van der Waals surface area (Å²) in [5, 5.41) is 10.7. The highest BCUT2D eigenvalue weighted by molar-refractivity contribution is 5.95. The summed E-state index contributed by atoms with van der Waals surface area (Å²) >= 11 is 0. The SMILES string of the molecule is Cc1cc(N)c2c(OCC3(CO)CCCCC3)cccc2n1. The van der Waals surface area contributed by atoms with Gasteiger partial charge in [0.2, 0.25) is 0 Å². The number of aliphatic hydroxyl groups is 1. The Balaban J connectivity index is 1.87. The van der Waals surface area contributed by atoms with Crippen LogP contribution in [0.3, 0.4) is 0 Å². The second-order valence-electron chi connectivity index (χ2n) is 6.51. The number of aromatic nitrogens is 1. The van der Waals surface area contributed by atoms with Crippen molar-refractivity contribution in [2.45, 2.75) is 39.0 Å². The molecule has 0 bridgehead atoms. The molecule has 0 saturated heterocycles. The van der Waals surface area contributed by atoms with E-state index in [1.807, 2.05) is 31.2 Å². The normalized spacial score (nSPS) is 17.5. The Bertz CT molecular complexity index is 663. The number of nitrogens with zero attached hydrogens (tertiary/aromatic N) is 1. The van der Waals surface area contributed by atoms with Gasteiger partial charge in [-0.2, -0.15) is 0 Å². The molecule has 22 heavy (non-hydrogen) atoms. The quantitative estimate of drug-likeness (QED) is 0.907. The number of benzene rings is 1. The lowest BCUT2D eigenvalue weighted by Crippen LogP contribution is -2.34. The summed E-state index contributed by atoms with van der Waals surface area (Å²) < 4.78 is 6.09. The molecule has 0 amide bonds. The van der Waals surface area contributed by atoms with E-state index in [1.54, 1.807) is 0 Å². The fraction of sp³-hybridized carbons (Fsp3) is 0.500. The van der Waals surface area contributed by atoms with Gasteiger partial charge in [0.25, 0.3) is 0 Å². The van der Waals surface area contributed by atoms with Gasteiger partial charge in [-0.3, -0.25) is 4.98 Å². The van der Waals surface area contributed by atoms with Crippen LogP contribution < -0.4 is 10.5 Å². The molecule has 1 aliphatic carbocycles. The van der Waals surface area contributed by atoms with E-state index < -0.39 is 0 Å². The molecule has 1 aromatic carbocycles. The molecule has 4 nitrogen and oxygen atoms in total. The number of rotatable bonds is 4. The zero-order valence-corrected chi connectivity index (χ0v) is 13.1. The molecule has 0 atom stereocenters. The number of pyridine rings is 1. The topological polar surface area (TPSA) is 68.4 Å². The molecule has 1 heterocycles. The highest BCUT2D eigenvalue weighted by Gasteiger charge is 2.32. The Morgan fingerprint density at radius 2 is 2.05 bits per heavy atom. The fourth-order valence-electron chi connectivity index (χ4n) is 3.42. The number of aryl methyl sites for hydroxylation is 1. The Morgan fingerprint density at radius 3 is 2.77 bits per heavy atom. The van der Waals surface area contributed by atoms with Gasteiger partial charge in [0, 0.05) is 16.8 Å². The van der Waals surface area contributed by atoms with E-state index in [9.17, 15) is 5.11 Å². The lowest BCUT2D eigenvalue weighted by molar-refractivity contribution is 0.0338. The molecule has 0 aliphatic heterocycles. The van der Waals surface area contributed by atoms with Crippen molar-refractivity contribution in [2.75, 3.05) is 18.9 Å². The average molecular weight is 300 g/mol. The largest absolute Gasteiger partial charge is 0.492 e. The van der Waals surface area contributed by atoms with Crippen LogP contribution in [0.25, 0.3) is 10.9 Å². The highest BCUT2D eigenvalue weighted by Crippen LogP contribution is 2.38. The standard InChI is InChI=1S/C18H24N2O2/c1-13-10-14(19)17-15(20-13)6-5-7-16(17)22-12-18(11-21)8-3-2-4-9-18/h5-7,10,21H,2-4,8-9,11-12H2,1H3,(H2,19,20). The third-order valence-electron chi connectivity index (χ3n) is 4.74. The van der Waals surface area contributed by atoms with Crippen LogP contribution in [-0.4, -0.2) is 23.3 Å². The third-order valence-corrected chi connectivity index (χ3v) is 4.74. The average Bonchev–Trinajstić information content (AvgIpc) is 2.53. The minimum Gasteiger partial charge on any atom is -0.492 e. The van der Waals surface area contributed by atoms with Crippen molar-refractivity contribution in [1.82, 2.24) is 4.98 Å². The molecule has 2 aromatic rings. The minimum absolute atomic E-state index is 0.104. The van der Waals surface area contributed by atoms with Crippen molar-refractivity contribution in [3.8, 4) is 5.75 Å². The first-order valence-corrected chi connectivity index (χ1v) is 8.03. The van der Waals surface area contributed by atoms with E-state index >= 15 is 0 Å². The number of nitrogen functional groups attached to an aromatic ring is 1. The summed E-state index contributed by atoms with van der Waals surface area (Å²) in [4.78, 5) is 4.52. The van der Waals surface area contributed by atoms with Crippen LogP contribution in [-0.2, 0) is 0 Å². The van der Waals surface area contributed by atoms with E-state index in [-0.39, 0.29) is 12.0 Å². The van der Waals surface area contributed by atoms with Crippen LogP contribution in [0.4, 0.5) is 5.69 Å². The van der Waals surface area contributed by atoms with Gasteiger partial charge in [-0.25, -0.2) is 0 Å². The summed E-state index contributed by atoms with van der Waals surface area (Å²) in [5.74, 6) is 0.765. The van der Waals surface area contributed by atoms with Crippen LogP contribution in [0, 0.1) is 12.3 Å². The van der Waals surface area contributed by atoms with E-state index in [0.29, 0.717) is 12.3 Å². The Morgan fingerprint density at radius 1 is 1.27 bits per heavy atom. The first kappa shape index (κ1) is 15.1. The summed E-state index contributed by atoms with van der Waals surface area (Å²) in [7, 11) is 0. The molecule has 118 valence electrons. The van der Waals surface area contributed by atoms with Gasteiger partial charge in [-0.15, -0.1) is 0 Å². The van der Waals surface area contributed by atoms with Gasteiger partial charge >= 0.3 is 0 Å². The lowest BCUT2D eigenvalue weighted by Gasteiger charge is -2.35. The summed E-state index contributed by atoms with van der Waals surface area (Å²) in [6.45, 7) is 2.66. The number of hydrogen-bond donors (Lipinski definition) is 2. The zero-order chi connectivity index (χ0) is 15.6. The number of fused-ring (bicyclic) bond motifs is 1. The van der Waals surface area contributed by atoms with Crippen molar-refractivity contribution in [2.24, 2.45) is 5.41 Å². The van der Waals surface area contributed by atoms with Crippen LogP contribution in [0.15, 0.2) is 24.3 Å². The Labute approximate surface area is 131 Å². The molecule has 0 unspecified atom stereocenters. The second kappa shape index (κ2) is 6.13. The van der Waals surface area contributed by atoms with Gasteiger partial charge in [0.15, 0.2) is 0 Å². The van der Waals surface area contributed by atoms with Gasteiger partial charge in [-0.1, -0.05) is 25.3 Å². The first-order chi connectivity index (χ1) is 10.6. The second-order valence-corrected chi connectivity index (χ2v) is 6.51. The van der Waals surface area contributed by atoms with Crippen LogP contribution >= 0.6 is 0 Å². The molecule has 3 N–H and O–H groups in total. The van der Waals surface area contributed by atoms with Crippen LogP contribution in [0.5, 0.6) is 5.75 Å².